The molecule has 4 heteroatoms. The van der Waals surface area contributed by atoms with Crippen LogP contribution in [0.5, 0.6) is 0 Å². The van der Waals surface area contributed by atoms with Crippen molar-refractivity contribution in [3.05, 3.63) is 35.9 Å². The number of carbonyl (C=O) groups is 1. The van der Waals surface area contributed by atoms with E-state index in [0.717, 1.165) is 5.56 Å². The molecule has 0 aliphatic rings. The van der Waals surface area contributed by atoms with Gasteiger partial charge in [-0.05, 0) is 46.6 Å². The minimum absolute atomic E-state index is 0.0978. The van der Waals surface area contributed by atoms with Gasteiger partial charge in [0.15, 0.2) is 0 Å². The quantitative estimate of drug-likeness (QED) is 0.429. The molecule has 0 N–H and O–H groups in total. The first-order valence-corrected chi connectivity index (χ1v) is 7.37. The second-order valence-corrected chi connectivity index (χ2v) is 6.27. The number of benzene rings is 1. The highest BCUT2D eigenvalue weighted by molar-refractivity contribution is 5.69. The van der Waals surface area contributed by atoms with Crippen molar-refractivity contribution in [1.82, 2.24) is 0 Å². The standard InChI is InChI=1S/C17H26O4/c1-13(2)19-16(18)12-11-15(20-21-17(3,4)5)14-9-7-6-8-10-14/h6-10,13,15H,11-12H2,1-5H3. The van der Waals surface area contributed by atoms with Crippen molar-refractivity contribution in [3.63, 3.8) is 0 Å². The molecule has 21 heavy (non-hydrogen) atoms. The van der Waals surface area contributed by atoms with Crippen LogP contribution in [0.3, 0.4) is 0 Å². The molecule has 1 unspecified atom stereocenters. The summed E-state index contributed by atoms with van der Waals surface area (Å²) in [5.74, 6) is -0.217. The number of rotatable bonds is 7. The Morgan fingerprint density at radius 2 is 1.76 bits per heavy atom. The van der Waals surface area contributed by atoms with Gasteiger partial charge in [-0.3, -0.25) is 4.79 Å². The fourth-order valence-corrected chi connectivity index (χ4v) is 1.71. The summed E-state index contributed by atoms with van der Waals surface area (Å²) >= 11 is 0. The largest absolute Gasteiger partial charge is 0.463 e. The van der Waals surface area contributed by atoms with Crippen LogP contribution in [0.2, 0.25) is 0 Å². The normalized spacial score (nSPS) is 13.2. The summed E-state index contributed by atoms with van der Waals surface area (Å²) in [7, 11) is 0. The molecule has 0 aliphatic heterocycles. The molecule has 1 atom stereocenters. The first-order chi connectivity index (χ1) is 9.78. The summed E-state index contributed by atoms with van der Waals surface area (Å²) in [6.45, 7) is 9.43. The molecule has 0 saturated heterocycles. The van der Waals surface area contributed by atoms with Crippen molar-refractivity contribution < 1.29 is 19.3 Å². The third kappa shape index (κ3) is 7.83. The molecular formula is C17H26O4. The summed E-state index contributed by atoms with van der Waals surface area (Å²) in [5.41, 5.74) is 0.588. The smallest absolute Gasteiger partial charge is 0.306 e. The third-order valence-electron chi connectivity index (χ3n) is 2.56. The van der Waals surface area contributed by atoms with Crippen LogP contribution in [-0.4, -0.2) is 17.7 Å². The first-order valence-electron chi connectivity index (χ1n) is 7.37. The van der Waals surface area contributed by atoms with Crippen LogP contribution >= 0.6 is 0 Å². The van der Waals surface area contributed by atoms with Gasteiger partial charge in [0.2, 0.25) is 0 Å². The van der Waals surface area contributed by atoms with Gasteiger partial charge in [-0.25, -0.2) is 9.78 Å². The molecule has 0 bridgehead atoms. The molecule has 1 aromatic carbocycles. The van der Waals surface area contributed by atoms with Crippen LogP contribution in [0.4, 0.5) is 0 Å². The van der Waals surface area contributed by atoms with E-state index in [1.165, 1.54) is 0 Å². The lowest BCUT2D eigenvalue weighted by atomic mass is 10.1. The zero-order chi connectivity index (χ0) is 15.9. The fraction of sp³-hybridized carbons (Fsp3) is 0.588. The topological polar surface area (TPSA) is 44.8 Å². The van der Waals surface area contributed by atoms with Crippen molar-refractivity contribution in [1.29, 1.82) is 0 Å². The van der Waals surface area contributed by atoms with Crippen molar-refractivity contribution in [3.8, 4) is 0 Å². The van der Waals surface area contributed by atoms with Gasteiger partial charge < -0.3 is 4.74 Å². The molecule has 0 aliphatic carbocycles. The number of carbonyl (C=O) groups excluding carboxylic acids is 1. The Morgan fingerprint density at radius 1 is 1.14 bits per heavy atom. The Labute approximate surface area is 127 Å². The first kappa shape index (κ1) is 17.7. The number of esters is 1. The Morgan fingerprint density at radius 3 is 2.29 bits per heavy atom. The van der Waals surface area contributed by atoms with Crippen LogP contribution in [0.15, 0.2) is 30.3 Å². The lowest BCUT2D eigenvalue weighted by Crippen LogP contribution is -2.22. The molecule has 0 saturated carbocycles. The fourth-order valence-electron chi connectivity index (χ4n) is 1.71. The van der Waals surface area contributed by atoms with E-state index in [0.29, 0.717) is 12.8 Å². The maximum atomic E-state index is 11.7. The Bertz CT molecular complexity index is 420. The lowest BCUT2D eigenvalue weighted by Gasteiger charge is -2.23. The van der Waals surface area contributed by atoms with Crippen LogP contribution in [0.1, 0.15) is 59.1 Å². The van der Waals surface area contributed by atoms with E-state index >= 15 is 0 Å². The van der Waals surface area contributed by atoms with Crippen LogP contribution < -0.4 is 0 Å². The number of hydrogen-bond donors (Lipinski definition) is 0. The summed E-state index contributed by atoms with van der Waals surface area (Å²) in [6.07, 6.45) is 0.432. The van der Waals surface area contributed by atoms with Crippen molar-refractivity contribution in [2.45, 2.75) is 65.3 Å². The van der Waals surface area contributed by atoms with Crippen LogP contribution in [0, 0.1) is 0 Å². The second-order valence-electron chi connectivity index (χ2n) is 6.27. The minimum atomic E-state index is -0.397. The van der Waals surface area contributed by atoms with Gasteiger partial charge >= 0.3 is 5.97 Å². The Hall–Kier alpha value is -1.39. The molecule has 0 heterocycles. The minimum Gasteiger partial charge on any atom is -0.463 e. The van der Waals surface area contributed by atoms with E-state index in [1.54, 1.807) is 0 Å². The highest BCUT2D eigenvalue weighted by Crippen LogP contribution is 2.25. The molecule has 0 fully saturated rings. The van der Waals surface area contributed by atoms with Gasteiger partial charge in [0.1, 0.15) is 6.10 Å². The molecule has 118 valence electrons. The molecule has 0 aromatic heterocycles. The zero-order valence-corrected chi connectivity index (χ0v) is 13.6. The third-order valence-corrected chi connectivity index (χ3v) is 2.56. The summed E-state index contributed by atoms with van der Waals surface area (Å²) in [4.78, 5) is 22.6. The van der Waals surface area contributed by atoms with Gasteiger partial charge in [-0.2, -0.15) is 0 Å². The molecule has 1 aromatic rings. The van der Waals surface area contributed by atoms with Gasteiger partial charge in [0, 0.05) is 6.42 Å². The molecular weight excluding hydrogens is 268 g/mol. The van der Waals surface area contributed by atoms with Gasteiger partial charge in [-0.1, -0.05) is 30.3 Å². The Balaban J connectivity index is 2.62. The van der Waals surface area contributed by atoms with E-state index < -0.39 is 5.60 Å². The molecule has 1 rings (SSSR count). The summed E-state index contributed by atoms with van der Waals surface area (Å²) in [6, 6.07) is 9.75. The highest BCUT2D eigenvalue weighted by Gasteiger charge is 2.20. The number of ether oxygens (including phenoxy) is 1. The summed E-state index contributed by atoms with van der Waals surface area (Å²) < 4.78 is 5.15. The second kappa shape index (κ2) is 8.15. The predicted molar refractivity (Wildman–Crippen MR) is 81.6 cm³/mol. The average Bonchev–Trinajstić information content (AvgIpc) is 2.37. The molecule has 0 spiro atoms. The summed E-state index contributed by atoms with van der Waals surface area (Å²) in [5, 5.41) is 0. The predicted octanol–water partition coefficient (Wildman–Crippen LogP) is 4.21. The average molecular weight is 294 g/mol. The maximum Gasteiger partial charge on any atom is 0.306 e. The van der Waals surface area contributed by atoms with E-state index in [1.807, 2.05) is 65.0 Å². The molecule has 0 amide bonds. The van der Waals surface area contributed by atoms with Crippen LogP contribution in [0.25, 0.3) is 0 Å². The Kier molecular flexibility index (Phi) is 6.85. The van der Waals surface area contributed by atoms with Gasteiger partial charge in [0.05, 0.1) is 11.7 Å². The lowest BCUT2D eigenvalue weighted by molar-refractivity contribution is -0.376. The van der Waals surface area contributed by atoms with Gasteiger partial charge in [0.25, 0.3) is 0 Å². The molecule has 4 nitrogen and oxygen atoms in total. The molecule has 0 radical (unpaired) electrons. The van der Waals surface area contributed by atoms with Crippen molar-refractivity contribution in [2.24, 2.45) is 0 Å². The van der Waals surface area contributed by atoms with E-state index in [4.69, 9.17) is 14.5 Å². The zero-order valence-electron chi connectivity index (χ0n) is 13.6. The highest BCUT2D eigenvalue weighted by atomic mass is 17.2. The van der Waals surface area contributed by atoms with Gasteiger partial charge in [-0.15, -0.1) is 0 Å². The van der Waals surface area contributed by atoms with Crippen molar-refractivity contribution in [2.75, 3.05) is 0 Å². The van der Waals surface area contributed by atoms with Crippen LogP contribution in [-0.2, 0) is 19.3 Å². The van der Waals surface area contributed by atoms with E-state index in [2.05, 4.69) is 0 Å². The van der Waals surface area contributed by atoms with E-state index in [-0.39, 0.29) is 18.2 Å². The maximum absolute atomic E-state index is 11.7. The number of hydrogen-bond acceptors (Lipinski definition) is 4. The van der Waals surface area contributed by atoms with E-state index in [9.17, 15) is 4.79 Å². The monoisotopic (exact) mass is 294 g/mol. The SMILES string of the molecule is CC(C)OC(=O)CCC(OOC(C)(C)C)c1ccccc1. The van der Waals surface area contributed by atoms with Crippen molar-refractivity contribution >= 4 is 5.97 Å².